The summed E-state index contributed by atoms with van der Waals surface area (Å²) in [7, 11) is 0. The van der Waals surface area contributed by atoms with Crippen molar-refractivity contribution in [3.05, 3.63) is 30.2 Å². The number of aliphatic imine (C=N–C) groups is 1. The van der Waals surface area contributed by atoms with Gasteiger partial charge in [0.05, 0.1) is 30.6 Å². The molecule has 0 spiro atoms. The van der Waals surface area contributed by atoms with Crippen LogP contribution in [0.5, 0.6) is 5.88 Å². The molecule has 168 valence electrons. The molecule has 0 aromatic carbocycles. The van der Waals surface area contributed by atoms with Crippen molar-refractivity contribution in [2.45, 2.75) is 83.8 Å². The molecule has 30 heavy (non-hydrogen) atoms. The van der Waals surface area contributed by atoms with Crippen molar-refractivity contribution in [3.8, 4) is 5.88 Å². The summed E-state index contributed by atoms with van der Waals surface area (Å²) in [5, 5.41) is 0. The monoisotopic (exact) mass is 417 g/mol. The van der Waals surface area contributed by atoms with E-state index >= 15 is 0 Å². The van der Waals surface area contributed by atoms with Gasteiger partial charge in [-0.25, -0.2) is 4.98 Å². The minimum Gasteiger partial charge on any atom is -0.477 e. The minimum absolute atomic E-state index is 0.0382. The van der Waals surface area contributed by atoms with Crippen LogP contribution >= 0.6 is 0 Å². The van der Waals surface area contributed by atoms with Gasteiger partial charge < -0.3 is 14.2 Å². The molecule has 2 rings (SSSR count). The molecule has 2 atom stereocenters. The number of hydrogen-bond acceptors (Lipinski definition) is 6. The summed E-state index contributed by atoms with van der Waals surface area (Å²) in [4.78, 5) is 13.4. The number of allylic oxidation sites excluding steroid dienone is 1. The van der Waals surface area contributed by atoms with E-state index in [1.165, 1.54) is 32.1 Å². The van der Waals surface area contributed by atoms with Gasteiger partial charge in [-0.2, -0.15) is 0 Å². The van der Waals surface area contributed by atoms with E-state index in [4.69, 9.17) is 14.2 Å². The van der Waals surface area contributed by atoms with Crippen LogP contribution in [-0.4, -0.2) is 48.8 Å². The Morgan fingerprint density at radius 2 is 1.53 bits per heavy atom. The number of dihydropyridines is 1. The van der Waals surface area contributed by atoms with Gasteiger partial charge in [0.1, 0.15) is 0 Å². The summed E-state index contributed by atoms with van der Waals surface area (Å²) in [6.07, 6.45) is 19.7. The number of rotatable bonds is 17. The van der Waals surface area contributed by atoms with Gasteiger partial charge in [0, 0.05) is 26.0 Å². The molecule has 0 saturated carbocycles. The van der Waals surface area contributed by atoms with Gasteiger partial charge in [0.2, 0.25) is 5.88 Å². The third-order valence-electron chi connectivity index (χ3n) is 4.98. The number of nitrogens with zero attached hydrogens (tertiary/aromatic N) is 3. The van der Waals surface area contributed by atoms with E-state index in [2.05, 4.69) is 34.9 Å². The standard InChI is InChI=1S/C24H39N3O3/c1-3-5-7-8-9-16-29-23-13-12-21(18-26-23)22-19-27-24(20-25-22)30-17-11-10-15-28-14-6-4-2/h12-13,18-21,23H,3-11,14-17H2,1-2H3. The Labute approximate surface area is 182 Å². The van der Waals surface area contributed by atoms with E-state index < -0.39 is 0 Å². The highest BCUT2D eigenvalue weighted by atomic mass is 16.5. The quantitative estimate of drug-likeness (QED) is 0.248. The lowest BCUT2D eigenvalue weighted by Gasteiger charge is -2.16. The summed E-state index contributed by atoms with van der Waals surface area (Å²) in [6, 6.07) is 0. The maximum atomic E-state index is 5.81. The van der Waals surface area contributed by atoms with E-state index in [0.717, 1.165) is 51.2 Å². The second kappa shape index (κ2) is 16.0. The van der Waals surface area contributed by atoms with Gasteiger partial charge in [0.25, 0.3) is 0 Å². The van der Waals surface area contributed by atoms with Crippen molar-refractivity contribution in [3.63, 3.8) is 0 Å². The molecule has 6 heteroatoms. The SMILES string of the molecule is CCCCCCCOC1C=CC(c2cnc(OCCCCOCCCC)cn2)C=N1. The Morgan fingerprint density at radius 1 is 0.767 bits per heavy atom. The van der Waals surface area contributed by atoms with Crippen LogP contribution < -0.4 is 4.74 Å². The van der Waals surface area contributed by atoms with E-state index in [1.807, 2.05) is 12.3 Å². The number of ether oxygens (including phenoxy) is 3. The Hall–Kier alpha value is -1.79. The van der Waals surface area contributed by atoms with Crippen LogP contribution in [0.1, 0.15) is 83.2 Å². The minimum atomic E-state index is -0.172. The first-order valence-corrected chi connectivity index (χ1v) is 11.7. The fourth-order valence-electron chi connectivity index (χ4n) is 3.08. The molecular formula is C24H39N3O3. The maximum Gasteiger partial charge on any atom is 0.232 e. The van der Waals surface area contributed by atoms with Crippen LogP contribution in [0.4, 0.5) is 0 Å². The Bertz CT molecular complexity index is 590. The molecule has 1 aromatic rings. The highest BCUT2D eigenvalue weighted by Crippen LogP contribution is 2.19. The lowest BCUT2D eigenvalue weighted by Crippen LogP contribution is -2.15. The lowest BCUT2D eigenvalue weighted by atomic mass is 10.1. The van der Waals surface area contributed by atoms with Crippen LogP contribution in [0, 0.1) is 0 Å². The molecule has 2 unspecified atom stereocenters. The zero-order chi connectivity index (χ0) is 21.3. The molecule has 0 N–H and O–H groups in total. The van der Waals surface area contributed by atoms with Gasteiger partial charge in [0.15, 0.2) is 6.23 Å². The van der Waals surface area contributed by atoms with Crippen LogP contribution in [0.2, 0.25) is 0 Å². The molecule has 1 aliphatic heterocycles. The van der Waals surface area contributed by atoms with Crippen molar-refractivity contribution in [1.82, 2.24) is 9.97 Å². The number of unbranched alkanes of at least 4 members (excludes halogenated alkanes) is 6. The van der Waals surface area contributed by atoms with E-state index in [9.17, 15) is 0 Å². The zero-order valence-electron chi connectivity index (χ0n) is 18.8. The van der Waals surface area contributed by atoms with Crippen LogP contribution in [0.25, 0.3) is 0 Å². The summed E-state index contributed by atoms with van der Waals surface area (Å²) in [6.45, 7) is 7.45. The van der Waals surface area contributed by atoms with Crippen molar-refractivity contribution in [2.75, 3.05) is 26.4 Å². The largest absolute Gasteiger partial charge is 0.477 e. The van der Waals surface area contributed by atoms with Crippen molar-refractivity contribution < 1.29 is 14.2 Å². The third kappa shape index (κ3) is 10.3. The van der Waals surface area contributed by atoms with E-state index in [1.54, 1.807) is 12.4 Å². The third-order valence-corrected chi connectivity index (χ3v) is 4.98. The van der Waals surface area contributed by atoms with Gasteiger partial charge in [-0.3, -0.25) is 9.98 Å². The Balaban J connectivity index is 1.59. The first kappa shape index (κ1) is 24.5. The Morgan fingerprint density at radius 3 is 2.27 bits per heavy atom. The smallest absolute Gasteiger partial charge is 0.232 e. The van der Waals surface area contributed by atoms with Crippen LogP contribution in [0.15, 0.2) is 29.5 Å². The molecule has 0 radical (unpaired) electrons. The van der Waals surface area contributed by atoms with E-state index in [-0.39, 0.29) is 12.1 Å². The molecule has 0 amide bonds. The molecule has 0 saturated heterocycles. The lowest BCUT2D eigenvalue weighted by molar-refractivity contribution is 0.0870. The summed E-state index contributed by atoms with van der Waals surface area (Å²) in [5.41, 5.74) is 0.865. The highest BCUT2D eigenvalue weighted by molar-refractivity contribution is 5.71. The van der Waals surface area contributed by atoms with Crippen molar-refractivity contribution >= 4 is 6.21 Å². The van der Waals surface area contributed by atoms with Gasteiger partial charge in [-0.15, -0.1) is 0 Å². The van der Waals surface area contributed by atoms with Crippen LogP contribution in [0.3, 0.4) is 0 Å². The molecule has 1 aromatic heterocycles. The molecule has 0 aliphatic carbocycles. The average Bonchev–Trinajstić information content (AvgIpc) is 2.79. The van der Waals surface area contributed by atoms with Crippen molar-refractivity contribution in [2.24, 2.45) is 4.99 Å². The van der Waals surface area contributed by atoms with E-state index in [0.29, 0.717) is 12.5 Å². The molecular weight excluding hydrogens is 378 g/mol. The highest BCUT2D eigenvalue weighted by Gasteiger charge is 2.14. The summed E-state index contributed by atoms with van der Waals surface area (Å²) < 4.78 is 17.0. The fourth-order valence-corrected chi connectivity index (χ4v) is 3.08. The second-order valence-corrected chi connectivity index (χ2v) is 7.69. The number of hydrogen-bond donors (Lipinski definition) is 0. The van der Waals surface area contributed by atoms with Gasteiger partial charge >= 0.3 is 0 Å². The number of aromatic nitrogens is 2. The molecule has 0 bridgehead atoms. The topological polar surface area (TPSA) is 65.8 Å². The zero-order valence-corrected chi connectivity index (χ0v) is 18.8. The normalized spacial score (nSPS) is 18.1. The fraction of sp³-hybridized carbons (Fsp3) is 0.708. The second-order valence-electron chi connectivity index (χ2n) is 7.69. The predicted molar refractivity (Wildman–Crippen MR) is 121 cm³/mol. The van der Waals surface area contributed by atoms with Gasteiger partial charge in [-0.05, 0) is 31.8 Å². The Kier molecular flexibility index (Phi) is 13.0. The van der Waals surface area contributed by atoms with Gasteiger partial charge in [-0.1, -0.05) is 52.0 Å². The summed E-state index contributed by atoms with van der Waals surface area (Å²) in [5.74, 6) is 0.600. The van der Waals surface area contributed by atoms with Crippen molar-refractivity contribution in [1.29, 1.82) is 0 Å². The molecule has 6 nitrogen and oxygen atoms in total. The predicted octanol–water partition coefficient (Wildman–Crippen LogP) is 5.49. The molecule has 2 heterocycles. The summed E-state index contributed by atoms with van der Waals surface area (Å²) >= 11 is 0. The van der Waals surface area contributed by atoms with Crippen LogP contribution in [-0.2, 0) is 9.47 Å². The average molecular weight is 418 g/mol. The molecule has 1 aliphatic rings. The first-order chi connectivity index (χ1) is 14.8. The maximum absolute atomic E-state index is 5.81. The molecule has 0 fully saturated rings. The first-order valence-electron chi connectivity index (χ1n) is 11.7.